The van der Waals surface area contributed by atoms with Crippen LogP contribution in [0.2, 0.25) is 0 Å². The van der Waals surface area contributed by atoms with Gasteiger partial charge in [-0.25, -0.2) is 19.3 Å². The van der Waals surface area contributed by atoms with E-state index in [1.165, 1.54) is 23.9 Å². The predicted octanol–water partition coefficient (Wildman–Crippen LogP) is 4.33. The summed E-state index contributed by atoms with van der Waals surface area (Å²) in [5.74, 6) is -0.278. The van der Waals surface area contributed by atoms with E-state index in [9.17, 15) is 4.39 Å². The van der Waals surface area contributed by atoms with E-state index in [1.807, 2.05) is 36.8 Å². The van der Waals surface area contributed by atoms with Gasteiger partial charge in [-0.2, -0.15) is 0 Å². The van der Waals surface area contributed by atoms with Gasteiger partial charge < -0.3 is 0 Å². The number of hydrogen-bond donors (Lipinski definition) is 0. The lowest BCUT2D eigenvalue weighted by Gasteiger charge is -2.07. The van der Waals surface area contributed by atoms with Crippen molar-refractivity contribution in [3.63, 3.8) is 0 Å². The van der Waals surface area contributed by atoms with Crippen LogP contribution < -0.4 is 0 Å². The Kier molecular flexibility index (Phi) is 4.16. The first-order valence-electron chi connectivity index (χ1n) is 8.06. The lowest BCUT2D eigenvalue weighted by atomic mass is 10.1. The molecule has 4 aromatic rings. The molecule has 3 aromatic heterocycles. The van der Waals surface area contributed by atoms with Crippen LogP contribution in [0.4, 0.5) is 4.39 Å². The highest BCUT2D eigenvalue weighted by Gasteiger charge is 2.19. The lowest BCUT2D eigenvalue weighted by molar-refractivity contribution is 0.628. The Balaban J connectivity index is 2.07. The second kappa shape index (κ2) is 6.49. The molecule has 7 heteroatoms. The largest absolute Gasteiger partial charge is 0.294 e. The first-order valence-corrected chi connectivity index (χ1v) is 9.29. The van der Waals surface area contributed by atoms with Crippen LogP contribution in [0.25, 0.3) is 28.3 Å². The van der Waals surface area contributed by atoms with Crippen LogP contribution in [-0.2, 0) is 0 Å². The molecule has 130 valence electrons. The van der Waals surface area contributed by atoms with Crippen molar-refractivity contribution < 1.29 is 4.39 Å². The molecule has 0 unspecified atom stereocenters. The Labute approximate surface area is 154 Å². The number of nitrogens with zero attached hydrogens (tertiary/aromatic N) is 5. The number of imidazole rings is 1. The quantitative estimate of drug-likeness (QED) is 0.399. The van der Waals surface area contributed by atoms with E-state index in [0.29, 0.717) is 5.16 Å². The van der Waals surface area contributed by atoms with Crippen LogP contribution in [0.15, 0.2) is 47.9 Å². The molecule has 0 spiro atoms. The Hall–Kier alpha value is -2.80. The summed E-state index contributed by atoms with van der Waals surface area (Å²) in [6.07, 6.45) is 5.62. The minimum Gasteiger partial charge on any atom is -0.294 e. The van der Waals surface area contributed by atoms with Crippen molar-refractivity contribution in [3.05, 3.63) is 59.9 Å². The molecule has 3 heterocycles. The van der Waals surface area contributed by atoms with Crippen LogP contribution in [0, 0.1) is 19.7 Å². The lowest BCUT2D eigenvalue weighted by Crippen LogP contribution is -1.98. The summed E-state index contributed by atoms with van der Waals surface area (Å²) in [6, 6.07) is 8.20. The summed E-state index contributed by atoms with van der Waals surface area (Å²) >= 11 is 1.48. The normalized spacial score (nSPS) is 11.2. The Morgan fingerprint density at radius 2 is 1.77 bits per heavy atom. The van der Waals surface area contributed by atoms with Gasteiger partial charge in [-0.1, -0.05) is 11.8 Å². The number of aromatic nitrogens is 5. The Morgan fingerprint density at radius 3 is 2.50 bits per heavy atom. The van der Waals surface area contributed by atoms with Gasteiger partial charge in [0.1, 0.15) is 5.82 Å². The summed E-state index contributed by atoms with van der Waals surface area (Å²) in [5.41, 5.74) is 5.66. The molecule has 0 amide bonds. The van der Waals surface area contributed by atoms with Crippen molar-refractivity contribution in [2.45, 2.75) is 19.0 Å². The molecular formula is C19H16FN5S. The number of benzene rings is 1. The van der Waals surface area contributed by atoms with Gasteiger partial charge in [0.05, 0.1) is 28.5 Å². The molecule has 0 fully saturated rings. The summed E-state index contributed by atoms with van der Waals surface area (Å²) < 4.78 is 15.4. The van der Waals surface area contributed by atoms with Gasteiger partial charge in [0, 0.05) is 18.0 Å². The van der Waals surface area contributed by atoms with Gasteiger partial charge in [-0.15, -0.1) is 0 Å². The fraction of sp³-hybridized carbons (Fsp3) is 0.158. The highest BCUT2D eigenvalue weighted by molar-refractivity contribution is 7.98. The molecule has 0 saturated carbocycles. The van der Waals surface area contributed by atoms with Crippen LogP contribution in [0.3, 0.4) is 0 Å². The first-order chi connectivity index (χ1) is 12.6. The van der Waals surface area contributed by atoms with Crippen LogP contribution >= 0.6 is 11.8 Å². The van der Waals surface area contributed by atoms with Gasteiger partial charge in [0.2, 0.25) is 0 Å². The average molecular weight is 365 g/mol. The average Bonchev–Trinajstić information content (AvgIpc) is 3.02. The van der Waals surface area contributed by atoms with Crippen molar-refractivity contribution in [1.82, 2.24) is 24.3 Å². The van der Waals surface area contributed by atoms with Crippen molar-refractivity contribution in [1.29, 1.82) is 0 Å². The van der Waals surface area contributed by atoms with E-state index in [2.05, 4.69) is 15.0 Å². The second-order valence-electron chi connectivity index (χ2n) is 5.91. The van der Waals surface area contributed by atoms with Gasteiger partial charge in [-0.3, -0.25) is 9.38 Å². The molecular weight excluding hydrogens is 349 g/mol. The number of thioether (sulfide) groups is 1. The third-order valence-corrected chi connectivity index (χ3v) is 4.63. The molecule has 0 radical (unpaired) electrons. The molecule has 4 rings (SSSR count). The van der Waals surface area contributed by atoms with Crippen molar-refractivity contribution in [2.24, 2.45) is 0 Å². The van der Waals surface area contributed by atoms with Gasteiger partial charge in [0.25, 0.3) is 0 Å². The van der Waals surface area contributed by atoms with Crippen LogP contribution in [-0.4, -0.2) is 30.6 Å². The topological polar surface area (TPSA) is 56.0 Å². The van der Waals surface area contributed by atoms with Gasteiger partial charge in [0.15, 0.2) is 10.8 Å². The zero-order valence-electron chi connectivity index (χ0n) is 14.6. The van der Waals surface area contributed by atoms with E-state index < -0.39 is 0 Å². The standard InChI is InChI=1S/C19H16FN5S/c1-11-10-25-17(15-8-9-21-19(23-15)26-3)16(24-18(25)12(2)22-11)13-4-6-14(20)7-5-13/h4-10H,1-3H3. The highest BCUT2D eigenvalue weighted by atomic mass is 32.2. The molecule has 0 aliphatic heterocycles. The fourth-order valence-electron chi connectivity index (χ4n) is 2.97. The van der Waals surface area contributed by atoms with E-state index >= 15 is 0 Å². The smallest absolute Gasteiger partial charge is 0.187 e. The van der Waals surface area contributed by atoms with Crippen LogP contribution in [0.1, 0.15) is 11.4 Å². The zero-order chi connectivity index (χ0) is 18.3. The number of halogens is 1. The van der Waals surface area contributed by atoms with E-state index in [0.717, 1.165) is 39.7 Å². The molecule has 1 aromatic carbocycles. The summed E-state index contributed by atoms with van der Waals surface area (Å²) in [7, 11) is 0. The van der Waals surface area contributed by atoms with Crippen molar-refractivity contribution in [3.8, 4) is 22.6 Å². The van der Waals surface area contributed by atoms with Crippen molar-refractivity contribution in [2.75, 3.05) is 6.26 Å². The third kappa shape index (κ3) is 2.84. The maximum Gasteiger partial charge on any atom is 0.187 e. The molecule has 0 atom stereocenters. The second-order valence-corrected chi connectivity index (χ2v) is 6.68. The molecule has 0 aliphatic carbocycles. The number of hydrogen-bond acceptors (Lipinski definition) is 5. The SMILES string of the molecule is CSc1nccc(-c2c(-c3ccc(F)cc3)nc3c(C)nc(C)cn23)n1. The monoisotopic (exact) mass is 365 g/mol. The van der Waals surface area contributed by atoms with E-state index in [-0.39, 0.29) is 5.82 Å². The highest BCUT2D eigenvalue weighted by Crippen LogP contribution is 2.33. The minimum absolute atomic E-state index is 0.278. The Morgan fingerprint density at radius 1 is 1.00 bits per heavy atom. The number of rotatable bonds is 3. The summed E-state index contributed by atoms with van der Waals surface area (Å²) in [5, 5.41) is 0.685. The van der Waals surface area contributed by atoms with E-state index in [1.54, 1.807) is 18.3 Å². The fourth-order valence-corrected chi connectivity index (χ4v) is 3.32. The number of fused-ring (bicyclic) bond motifs is 1. The zero-order valence-corrected chi connectivity index (χ0v) is 15.4. The first kappa shape index (κ1) is 16.7. The Bertz CT molecular complexity index is 1110. The maximum absolute atomic E-state index is 13.4. The van der Waals surface area contributed by atoms with Crippen LogP contribution in [0.5, 0.6) is 0 Å². The van der Waals surface area contributed by atoms with Gasteiger partial charge >= 0.3 is 0 Å². The summed E-state index contributed by atoms with van der Waals surface area (Å²) in [6.45, 7) is 3.88. The third-order valence-electron chi connectivity index (χ3n) is 4.07. The summed E-state index contributed by atoms with van der Waals surface area (Å²) in [4.78, 5) is 18.2. The molecule has 5 nitrogen and oxygen atoms in total. The number of aryl methyl sites for hydroxylation is 2. The molecule has 0 aliphatic rings. The minimum atomic E-state index is -0.278. The molecule has 0 N–H and O–H groups in total. The predicted molar refractivity (Wildman–Crippen MR) is 101 cm³/mol. The maximum atomic E-state index is 13.4. The van der Waals surface area contributed by atoms with Gasteiger partial charge in [-0.05, 0) is 50.4 Å². The van der Waals surface area contributed by atoms with Crippen molar-refractivity contribution >= 4 is 17.4 Å². The molecule has 0 saturated heterocycles. The van der Waals surface area contributed by atoms with E-state index in [4.69, 9.17) is 4.98 Å². The molecule has 26 heavy (non-hydrogen) atoms. The molecule has 0 bridgehead atoms.